The van der Waals surface area contributed by atoms with Crippen molar-refractivity contribution in [3.63, 3.8) is 0 Å². The zero-order valence-corrected chi connectivity index (χ0v) is 12.2. The second-order valence-electron chi connectivity index (χ2n) is 6.80. The van der Waals surface area contributed by atoms with Crippen LogP contribution in [0.4, 0.5) is 0 Å². The van der Waals surface area contributed by atoms with E-state index in [-0.39, 0.29) is 0 Å². The number of nitrogens with zero attached hydrogens (tertiary/aromatic N) is 2. The Morgan fingerprint density at radius 3 is 1.94 bits per heavy atom. The average molecular weight is 238 g/mol. The summed E-state index contributed by atoms with van der Waals surface area (Å²) in [5.41, 5.74) is 0.412. The number of hydrogen-bond donors (Lipinski definition) is 0. The quantitative estimate of drug-likeness (QED) is 0.746. The molecule has 0 aromatic carbocycles. The first-order valence-corrected chi connectivity index (χ1v) is 7.51. The van der Waals surface area contributed by atoms with Crippen molar-refractivity contribution in [2.75, 3.05) is 26.2 Å². The molecule has 0 atom stereocenters. The fourth-order valence-corrected chi connectivity index (χ4v) is 3.29. The monoisotopic (exact) mass is 238 g/mol. The highest BCUT2D eigenvalue weighted by Crippen LogP contribution is 2.34. The lowest BCUT2D eigenvalue weighted by molar-refractivity contribution is -0.0400. The Bertz CT molecular complexity index is 233. The highest BCUT2D eigenvalue weighted by Gasteiger charge is 2.42. The van der Waals surface area contributed by atoms with Gasteiger partial charge in [0.25, 0.3) is 0 Å². The molecule has 2 rings (SSSR count). The molecule has 0 spiro atoms. The summed E-state index contributed by atoms with van der Waals surface area (Å²) in [6.45, 7) is 14.8. The minimum absolute atomic E-state index is 0.412. The first-order valence-electron chi connectivity index (χ1n) is 7.51. The molecular formula is C15H30N2. The van der Waals surface area contributed by atoms with Crippen LogP contribution in [0.1, 0.15) is 53.4 Å². The first kappa shape index (κ1) is 13.4. The molecule has 2 heterocycles. The minimum atomic E-state index is 0.412. The third-order valence-corrected chi connectivity index (χ3v) is 5.06. The van der Waals surface area contributed by atoms with Crippen molar-refractivity contribution < 1.29 is 0 Å². The molecule has 100 valence electrons. The van der Waals surface area contributed by atoms with Gasteiger partial charge < -0.3 is 4.90 Å². The van der Waals surface area contributed by atoms with Gasteiger partial charge in [-0.3, -0.25) is 4.90 Å². The van der Waals surface area contributed by atoms with E-state index in [1.807, 2.05) is 0 Å². The van der Waals surface area contributed by atoms with E-state index in [2.05, 4.69) is 37.5 Å². The van der Waals surface area contributed by atoms with Gasteiger partial charge in [0.15, 0.2) is 0 Å². The number of rotatable bonds is 3. The summed E-state index contributed by atoms with van der Waals surface area (Å²) in [5.74, 6) is 0.878. The molecule has 0 saturated carbocycles. The maximum Gasteiger partial charge on any atom is 0.0205 e. The van der Waals surface area contributed by atoms with Crippen LogP contribution in [0.2, 0.25) is 0 Å². The Morgan fingerprint density at radius 2 is 1.47 bits per heavy atom. The third-order valence-electron chi connectivity index (χ3n) is 5.06. The summed E-state index contributed by atoms with van der Waals surface area (Å²) in [5, 5.41) is 0. The smallest absolute Gasteiger partial charge is 0.0205 e. The summed E-state index contributed by atoms with van der Waals surface area (Å²) >= 11 is 0. The summed E-state index contributed by atoms with van der Waals surface area (Å²) in [7, 11) is 0. The zero-order chi connectivity index (χ0) is 12.5. The SMILES string of the molecule is CC(C)N1CC(C(C)(C)N2CCCCCC2)C1. The summed E-state index contributed by atoms with van der Waals surface area (Å²) in [4.78, 5) is 5.37. The van der Waals surface area contributed by atoms with Gasteiger partial charge in [0.05, 0.1) is 0 Å². The van der Waals surface area contributed by atoms with Gasteiger partial charge in [-0.2, -0.15) is 0 Å². The molecule has 0 bridgehead atoms. The molecule has 0 aromatic rings. The molecule has 0 aliphatic carbocycles. The Balaban J connectivity index is 1.89. The van der Waals surface area contributed by atoms with Crippen LogP contribution in [0.25, 0.3) is 0 Å². The fraction of sp³-hybridized carbons (Fsp3) is 1.00. The topological polar surface area (TPSA) is 6.48 Å². The van der Waals surface area contributed by atoms with Gasteiger partial charge >= 0.3 is 0 Å². The van der Waals surface area contributed by atoms with E-state index in [4.69, 9.17) is 0 Å². The van der Waals surface area contributed by atoms with E-state index in [9.17, 15) is 0 Å². The van der Waals surface area contributed by atoms with Crippen molar-refractivity contribution in [2.45, 2.75) is 65.0 Å². The predicted octanol–water partition coefficient (Wildman–Crippen LogP) is 2.98. The predicted molar refractivity (Wildman–Crippen MR) is 74.3 cm³/mol. The molecule has 0 unspecified atom stereocenters. The molecule has 0 N–H and O–H groups in total. The van der Waals surface area contributed by atoms with E-state index in [1.54, 1.807) is 0 Å². The molecular weight excluding hydrogens is 208 g/mol. The Morgan fingerprint density at radius 1 is 0.941 bits per heavy atom. The van der Waals surface area contributed by atoms with Crippen molar-refractivity contribution in [1.29, 1.82) is 0 Å². The summed E-state index contributed by atoms with van der Waals surface area (Å²) in [6, 6.07) is 0.728. The lowest BCUT2D eigenvalue weighted by Gasteiger charge is -2.53. The van der Waals surface area contributed by atoms with Gasteiger partial charge in [0.1, 0.15) is 0 Å². The molecule has 2 fully saturated rings. The van der Waals surface area contributed by atoms with Crippen molar-refractivity contribution in [1.82, 2.24) is 9.80 Å². The number of hydrogen-bond acceptors (Lipinski definition) is 2. The lowest BCUT2D eigenvalue weighted by Crippen LogP contribution is -2.63. The molecule has 0 aromatic heterocycles. The van der Waals surface area contributed by atoms with Crippen molar-refractivity contribution in [3.8, 4) is 0 Å². The standard InChI is InChI=1S/C15H30N2/c1-13(2)16-11-14(12-16)15(3,4)17-9-7-5-6-8-10-17/h13-14H,5-12H2,1-4H3. The highest BCUT2D eigenvalue weighted by atomic mass is 15.3. The zero-order valence-electron chi connectivity index (χ0n) is 12.2. The maximum absolute atomic E-state index is 2.77. The van der Waals surface area contributed by atoms with Crippen LogP contribution < -0.4 is 0 Å². The largest absolute Gasteiger partial charge is 0.300 e. The normalized spacial score (nSPS) is 25.9. The molecule has 2 aliphatic rings. The summed E-state index contributed by atoms with van der Waals surface area (Å²) < 4.78 is 0. The lowest BCUT2D eigenvalue weighted by atomic mass is 9.79. The van der Waals surface area contributed by atoms with Gasteiger partial charge in [-0.1, -0.05) is 12.8 Å². The molecule has 2 saturated heterocycles. The summed E-state index contributed by atoms with van der Waals surface area (Å²) in [6.07, 6.45) is 5.69. The Labute approximate surface area is 107 Å². The van der Waals surface area contributed by atoms with Gasteiger partial charge in [-0.25, -0.2) is 0 Å². The fourth-order valence-electron chi connectivity index (χ4n) is 3.29. The molecule has 2 nitrogen and oxygen atoms in total. The molecule has 17 heavy (non-hydrogen) atoms. The second kappa shape index (κ2) is 5.27. The molecule has 2 heteroatoms. The van der Waals surface area contributed by atoms with E-state index in [1.165, 1.54) is 51.9 Å². The van der Waals surface area contributed by atoms with Crippen LogP contribution in [0.15, 0.2) is 0 Å². The van der Waals surface area contributed by atoms with E-state index < -0.39 is 0 Å². The van der Waals surface area contributed by atoms with Crippen molar-refractivity contribution in [3.05, 3.63) is 0 Å². The van der Waals surface area contributed by atoms with Crippen molar-refractivity contribution in [2.24, 2.45) is 5.92 Å². The van der Waals surface area contributed by atoms with Gasteiger partial charge in [-0.15, -0.1) is 0 Å². The van der Waals surface area contributed by atoms with E-state index >= 15 is 0 Å². The van der Waals surface area contributed by atoms with Crippen LogP contribution in [0.3, 0.4) is 0 Å². The Kier molecular flexibility index (Phi) is 4.14. The van der Waals surface area contributed by atoms with Gasteiger partial charge in [0.2, 0.25) is 0 Å². The van der Waals surface area contributed by atoms with E-state index in [0.29, 0.717) is 5.54 Å². The first-order chi connectivity index (χ1) is 8.01. The Hall–Kier alpha value is -0.0800. The number of likely N-dealkylation sites (tertiary alicyclic amines) is 2. The van der Waals surface area contributed by atoms with Crippen molar-refractivity contribution >= 4 is 0 Å². The van der Waals surface area contributed by atoms with Crippen LogP contribution in [-0.2, 0) is 0 Å². The maximum atomic E-state index is 2.77. The third kappa shape index (κ3) is 2.85. The minimum Gasteiger partial charge on any atom is -0.300 e. The van der Waals surface area contributed by atoms with Crippen LogP contribution in [-0.4, -0.2) is 47.6 Å². The van der Waals surface area contributed by atoms with Gasteiger partial charge in [-0.05, 0) is 53.6 Å². The molecule has 0 amide bonds. The van der Waals surface area contributed by atoms with Crippen LogP contribution in [0, 0.1) is 5.92 Å². The van der Waals surface area contributed by atoms with Gasteiger partial charge in [0, 0.05) is 30.6 Å². The second-order valence-corrected chi connectivity index (χ2v) is 6.80. The van der Waals surface area contributed by atoms with Crippen LogP contribution in [0.5, 0.6) is 0 Å². The molecule has 2 aliphatic heterocycles. The average Bonchev–Trinajstić information content (AvgIpc) is 2.41. The highest BCUT2D eigenvalue weighted by molar-refractivity contribution is 4.98. The molecule has 0 radical (unpaired) electrons. The van der Waals surface area contributed by atoms with E-state index in [0.717, 1.165) is 12.0 Å². The van der Waals surface area contributed by atoms with Crippen LogP contribution >= 0.6 is 0 Å².